The molecule has 5 rings (SSSR count). The number of hydrogen-bond acceptors (Lipinski definition) is 7. The molecule has 2 aromatic heterocycles. The minimum Gasteiger partial charge on any atom is -0.490 e. The normalized spacial score (nSPS) is 25.7. The average Bonchev–Trinajstić information content (AvgIpc) is 3.25. The Labute approximate surface area is 161 Å². The van der Waals surface area contributed by atoms with Crippen molar-refractivity contribution in [3.63, 3.8) is 0 Å². The number of ether oxygens (including phenoxy) is 1. The summed E-state index contributed by atoms with van der Waals surface area (Å²) in [7, 11) is -3.62. The van der Waals surface area contributed by atoms with E-state index in [9.17, 15) is 8.42 Å². The molecular weight excluding hydrogens is 384 g/mol. The highest BCUT2D eigenvalue weighted by Crippen LogP contribution is 2.41. The van der Waals surface area contributed by atoms with Crippen LogP contribution >= 0.6 is 11.7 Å². The van der Waals surface area contributed by atoms with Gasteiger partial charge in [-0.15, -0.1) is 0 Å². The quantitative estimate of drug-likeness (QED) is 0.667. The molecule has 0 amide bonds. The first kappa shape index (κ1) is 17.0. The third-order valence-corrected chi connectivity index (χ3v) is 7.96. The van der Waals surface area contributed by atoms with Crippen LogP contribution in [0.3, 0.4) is 0 Å². The predicted molar refractivity (Wildman–Crippen MR) is 101 cm³/mol. The van der Waals surface area contributed by atoms with E-state index in [1.807, 2.05) is 12.1 Å². The first-order chi connectivity index (χ1) is 13.1. The molecule has 2 aliphatic rings. The van der Waals surface area contributed by atoms with Crippen LogP contribution in [0.1, 0.15) is 25.7 Å². The number of fused-ring (bicyclic) bond motifs is 3. The zero-order valence-corrected chi connectivity index (χ0v) is 16.1. The molecule has 0 spiro atoms. The van der Waals surface area contributed by atoms with Crippen molar-refractivity contribution in [3.8, 4) is 5.75 Å². The maximum atomic E-state index is 13.4. The van der Waals surface area contributed by atoms with Crippen molar-refractivity contribution < 1.29 is 13.2 Å². The largest absolute Gasteiger partial charge is 0.490 e. The summed E-state index contributed by atoms with van der Waals surface area (Å²) in [5, 5.41) is 0. The van der Waals surface area contributed by atoms with Crippen molar-refractivity contribution in [2.75, 3.05) is 0 Å². The highest BCUT2D eigenvalue weighted by molar-refractivity contribution is 7.89. The molecule has 2 fully saturated rings. The third kappa shape index (κ3) is 2.90. The zero-order valence-electron chi connectivity index (χ0n) is 14.4. The van der Waals surface area contributed by atoms with Gasteiger partial charge in [-0.1, -0.05) is 6.07 Å². The van der Waals surface area contributed by atoms with Gasteiger partial charge in [-0.2, -0.15) is 13.1 Å². The van der Waals surface area contributed by atoms with Crippen LogP contribution in [-0.4, -0.2) is 44.6 Å². The summed E-state index contributed by atoms with van der Waals surface area (Å²) in [5.74, 6) is 0.782. The minimum atomic E-state index is -3.62. The molecule has 2 aliphatic heterocycles. The minimum absolute atomic E-state index is 0.0214. The maximum absolute atomic E-state index is 13.4. The molecule has 140 valence electrons. The Morgan fingerprint density at radius 3 is 2.52 bits per heavy atom. The van der Waals surface area contributed by atoms with Gasteiger partial charge < -0.3 is 4.74 Å². The molecule has 1 aromatic carbocycles. The molecule has 2 saturated heterocycles. The molecular formula is C18H18N4O3S2. The van der Waals surface area contributed by atoms with Crippen molar-refractivity contribution in [2.24, 2.45) is 0 Å². The van der Waals surface area contributed by atoms with Gasteiger partial charge in [0.2, 0.25) is 10.0 Å². The van der Waals surface area contributed by atoms with Gasteiger partial charge in [0, 0.05) is 37.3 Å². The number of rotatable bonds is 4. The smallest absolute Gasteiger partial charge is 0.245 e. The third-order valence-electron chi connectivity index (χ3n) is 5.38. The SMILES string of the molecule is O=S(=O)(c1cccc2nsnc12)N1[C@H]2CC[C@H]1CC(Oc1ccncc1)C2. The van der Waals surface area contributed by atoms with Crippen molar-refractivity contribution in [2.45, 2.75) is 48.8 Å². The van der Waals surface area contributed by atoms with E-state index < -0.39 is 10.0 Å². The van der Waals surface area contributed by atoms with Gasteiger partial charge >= 0.3 is 0 Å². The van der Waals surface area contributed by atoms with Crippen LogP contribution in [0, 0.1) is 0 Å². The monoisotopic (exact) mass is 402 g/mol. The van der Waals surface area contributed by atoms with Gasteiger partial charge in [-0.25, -0.2) is 8.42 Å². The summed E-state index contributed by atoms with van der Waals surface area (Å²) in [6.45, 7) is 0. The number of sulfonamides is 1. The number of aromatic nitrogens is 3. The molecule has 3 aromatic rings. The second-order valence-electron chi connectivity index (χ2n) is 7.00. The maximum Gasteiger partial charge on any atom is 0.245 e. The molecule has 0 radical (unpaired) electrons. The summed E-state index contributed by atoms with van der Waals surface area (Å²) in [5.41, 5.74) is 1.10. The Morgan fingerprint density at radius 2 is 1.78 bits per heavy atom. The van der Waals surface area contributed by atoms with Gasteiger partial charge in [0.1, 0.15) is 27.8 Å². The first-order valence-corrected chi connectivity index (χ1v) is 11.1. The van der Waals surface area contributed by atoms with E-state index in [1.54, 1.807) is 34.9 Å². The topological polar surface area (TPSA) is 85.3 Å². The summed E-state index contributed by atoms with van der Waals surface area (Å²) in [4.78, 5) is 4.26. The van der Waals surface area contributed by atoms with Crippen LogP contribution in [0.2, 0.25) is 0 Å². The van der Waals surface area contributed by atoms with Crippen molar-refractivity contribution in [3.05, 3.63) is 42.7 Å². The van der Waals surface area contributed by atoms with E-state index in [1.165, 1.54) is 0 Å². The van der Waals surface area contributed by atoms with Crippen molar-refractivity contribution in [1.82, 2.24) is 18.0 Å². The zero-order chi connectivity index (χ0) is 18.4. The fourth-order valence-electron chi connectivity index (χ4n) is 4.29. The summed E-state index contributed by atoms with van der Waals surface area (Å²) < 4.78 is 43.0. The standard InChI is InChI=1S/C18H18N4O3S2/c23-27(24,17-3-1-2-16-18(17)21-26-20-16)22-12-4-5-13(22)11-15(10-12)25-14-6-8-19-9-7-14/h1-3,6-9,12-13,15H,4-5,10-11H2/t12-,13-/m0/s1. The second kappa shape index (κ2) is 6.50. The van der Waals surface area contributed by atoms with E-state index in [4.69, 9.17) is 4.74 Å². The number of hydrogen-bond donors (Lipinski definition) is 0. The Hall–Kier alpha value is -2.10. The highest BCUT2D eigenvalue weighted by Gasteiger charge is 2.48. The first-order valence-electron chi connectivity index (χ1n) is 8.94. The molecule has 0 unspecified atom stereocenters. The number of piperidine rings is 1. The van der Waals surface area contributed by atoms with E-state index >= 15 is 0 Å². The average molecular weight is 403 g/mol. The summed E-state index contributed by atoms with van der Waals surface area (Å²) >= 11 is 1.04. The second-order valence-corrected chi connectivity index (χ2v) is 9.34. The molecule has 0 N–H and O–H groups in total. The molecule has 4 heterocycles. The van der Waals surface area contributed by atoms with Crippen molar-refractivity contribution in [1.29, 1.82) is 0 Å². The number of pyridine rings is 1. The number of benzene rings is 1. The van der Waals surface area contributed by atoms with Crippen LogP contribution in [-0.2, 0) is 10.0 Å². The van der Waals surface area contributed by atoms with E-state index in [-0.39, 0.29) is 23.1 Å². The van der Waals surface area contributed by atoms with Crippen LogP contribution in [0.5, 0.6) is 5.75 Å². The van der Waals surface area contributed by atoms with Gasteiger partial charge in [-0.05, 0) is 37.1 Å². The Morgan fingerprint density at radius 1 is 1.04 bits per heavy atom. The van der Waals surface area contributed by atoms with Crippen molar-refractivity contribution >= 4 is 32.8 Å². The van der Waals surface area contributed by atoms with Crippen LogP contribution in [0.4, 0.5) is 0 Å². The molecule has 27 heavy (non-hydrogen) atoms. The highest BCUT2D eigenvalue weighted by atomic mass is 32.2. The molecule has 2 bridgehead atoms. The van der Waals surface area contributed by atoms with Gasteiger partial charge in [0.05, 0.1) is 11.7 Å². The van der Waals surface area contributed by atoms with E-state index in [0.29, 0.717) is 23.9 Å². The Bertz CT molecular complexity index is 1060. The lowest BCUT2D eigenvalue weighted by Crippen LogP contribution is -2.49. The summed E-state index contributed by atoms with van der Waals surface area (Å²) in [6, 6.07) is 8.75. The molecule has 0 aliphatic carbocycles. The van der Waals surface area contributed by atoms with Crippen LogP contribution in [0.25, 0.3) is 11.0 Å². The van der Waals surface area contributed by atoms with E-state index in [2.05, 4.69) is 13.7 Å². The molecule has 2 atom stereocenters. The van der Waals surface area contributed by atoms with Gasteiger partial charge in [0.25, 0.3) is 0 Å². The fourth-order valence-corrected chi connectivity index (χ4v) is 6.93. The van der Waals surface area contributed by atoms with Gasteiger partial charge in [0.15, 0.2) is 0 Å². The molecule has 0 saturated carbocycles. The predicted octanol–water partition coefficient (Wildman–Crippen LogP) is 2.85. The summed E-state index contributed by atoms with van der Waals surface area (Å²) in [6.07, 6.45) is 6.55. The Kier molecular flexibility index (Phi) is 4.10. The number of nitrogens with zero attached hydrogens (tertiary/aromatic N) is 4. The fraction of sp³-hybridized carbons (Fsp3) is 0.389. The molecule has 9 heteroatoms. The van der Waals surface area contributed by atoms with Gasteiger partial charge in [-0.3, -0.25) is 4.98 Å². The van der Waals surface area contributed by atoms with E-state index in [0.717, 1.165) is 30.3 Å². The van der Waals surface area contributed by atoms with Crippen LogP contribution in [0.15, 0.2) is 47.6 Å². The Balaban J connectivity index is 1.43. The molecule has 7 nitrogen and oxygen atoms in total. The van der Waals surface area contributed by atoms with Crippen LogP contribution < -0.4 is 4.74 Å². The lowest BCUT2D eigenvalue weighted by molar-refractivity contribution is 0.0956. The lowest BCUT2D eigenvalue weighted by atomic mass is 10.0. The lowest BCUT2D eigenvalue weighted by Gasteiger charge is -2.37.